The average molecular weight is 356 g/mol. The molecule has 2 saturated carbocycles. The predicted octanol–water partition coefficient (Wildman–Crippen LogP) is 2.00. The number of benzene rings is 1. The molecule has 0 unspecified atom stereocenters. The van der Waals surface area contributed by atoms with Gasteiger partial charge in [0.2, 0.25) is 5.91 Å². The molecular weight excluding hydrogens is 328 g/mol. The second kappa shape index (κ2) is 7.56. The van der Waals surface area contributed by atoms with Crippen LogP contribution in [-0.2, 0) is 11.3 Å². The number of carbonyl (C=O) groups is 1. The van der Waals surface area contributed by atoms with Gasteiger partial charge in [-0.05, 0) is 38.2 Å². The van der Waals surface area contributed by atoms with Crippen LogP contribution in [0.2, 0.25) is 0 Å². The maximum absolute atomic E-state index is 12.4. The molecule has 1 heterocycles. The van der Waals surface area contributed by atoms with Crippen LogP contribution in [0.5, 0.6) is 5.75 Å². The van der Waals surface area contributed by atoms with Gasteiger partial charge in [0.15, 0.2) is 5.96 Å². The molecule has 0 spiro atoms. The Kier molecular flexibility index (Phi) is 5.00. The van der Waals surface area contributed by atoms with Crippen molar-refractivity contribution in [3.8, 4) is 5.75 Å². The quantitative estimate of drug-likeness (QED) is 0.648. The van der Waals surface area contributed by atoms with Gasteiger partial charge in [-0.25, -0.2) is 0 Å². The molecule has 3 fully saturated rings. The van der Waals surface area contributed by atoms with Crippen LogP contribution in [0.4, 0.5) is 0 Å². The lowest BCUT2D eigenvalue weighted by Crippen LogP contribution is -2.55. The van der Waals surface area contributed by atoms with Crippen LogP contribution in [0.3, 0.4) is 0 Å². The van der Waals surface area contributed by atoms with Crippen LogP contribution in [0.1, 0.15) is 37.7 Å². The van der Waals surface area contributed by atoms with Gasteiger partial charge in [0.25, 0.3) is 0 Å². The zero-order valence-corrected chi connectivity index (χ0v) is 15.5. The molecular formula is C20H28N4O2. The Morgan fingerprint density at radius 3 is 2.69 bits per heavy atom. The number of hydrogen-bond donors (Lipinski definition) is 1. The molecule has 0 bridgehead atoms. The number of guanidine groups is 1. The third kappa shape index (κ3) is 3.79. The summed E-state index contributed by atoms with van der Waals surface area (Å²) in [6.07, 6.45) is 6.25. The van der Waals surface area contributed by atoms with E-state index in [2.05, 4.69) is 21.3 Å². The van der Waals surface area contributed by atoms with E-state index in [0.29, 0.717) is 25.2 Å². The number of rotatable bonds is 5. The molecule has 1 aromatic carbocycles. The number of para-hydroxylation sites is 1. The average Bonchev–Trinajstić information content (AvgIpc) is 3.45. The van der Waals surface area contributed by atoms with E-state index in [1.54, 1.807) is 7.05 Å². The van der Waals surface area contributed by atoms with Gasteiger partial charge >= 0.3 is 0 Å². The van der Waals surface area contributed by atoms with E-state index in [4.69, 9.17) is 4.74 Å². The Morgan fingerprint density at radius 1 is 1.23 bits per heavy atom. The first-order valence-corrected chi connectivity index (χ1v) is 9.74. The number of piperazine rings is 1. The number of hydrogen-bond acceptors (Lipinski definition) is 3. The lowest BCUT2D eigenvalue weighted by molar-refractivity contribution is -0.135. The van der Waals surface area contributed by atoms with Gasteiger partial charge in [-0.3, -0.25) is 9.79 Å². The molecule has 1 aliphatic heterocycles. The van der Waals surface area contributed by atoms with Crippen molar-refractivity contribution < 1.29 is 9.53 Å². The van der Waals surface area contributed by atoms with Crippen LogP contribution in [-0.4, -0.2) is 60.5 Å². The Hall–Kier alpha value is -2.24. The highest BCUT2D eigenvalue weighted by atomic mass is 16.5. The molecule has 1 amide bonds. The number of nitrogens with zero attached hydrogens (tertiary/aromatic N) is 3. The van der Waals surface area contributed by atoms with Crippen molar-refractivity contribution >= 4 is 11.9 Å². The molecule has 4 rings (SSSR count). The van der Waals surface area contributed by atoms with Gasteiger partial charge in [-0.2, -0.15) is 0 Å². The monoisotopic (exact) mass is 356 g/mol. The Labute approximate surface area is 155 Å². The molecule has 1 aromatic rings. The topological polar surface area (TPSA) is 57.2 Å². The van der Waals surface area contributed by atoms with Gasteiger partial charge in [-0.15, -0.1) is 0 Å². The van der Waals surface area contributed by atoms with Crippen molar-refractivity contribution in [3.63, 3.8) is 0 Å². The minimum Gasteiger partial charge on any atom is -0.490 e. The molecule has 3 aliphatic rings. The van der Waals surface area contributed by atoms with Crippen LogP contribution in [0, 0.1) is 0 Å². The Bertz CT molecular complexity index is 682. The van der Waals surface area contributed by atoms with E-state index in [9.17, 15) is 4.79 Å². The van der Waals surface area contributed by atoms with Crippen molar-refractivity contribution in [2.24, 2.45) is 4.99 Å². The highest BCUT2D eigenvalue weighted by Gasteiger charge is 2.36. The van der Waals surface area contributed by atoms with E-state index < -0.39 is 0 Å². The maximum atomic E-state index is 12.4. The van der Waals surface area contributed by atoms with Crippen molar-refractivity contribution in [2.45, 2.75) is 50.8 Å². The molecule has 6 heteroatoms. The lowest BCUT2D eigenvalue weighted by atomic mass is 9.96. The standard InChI is InChI=1S/C20H28N4O2/c1-21-20(23-11-12-24(16-9-10-16)19(25)14-23)22-13-15-5-2-3-8-18(15)26-17-6-4-7-17/h2-3,5,8,16-17H,4,6-7,9-14H2,1H3,(H,21,22). The minimum absolute atomic E-state index is 0.218. The van der Waals surface area contributed by atoms with Crippen LogP contribution in [0.25, 0.3) is 0 Å². The number of ether oxygens (including phenoxy) is 1. The zero-order chi connectivity index (χ0) is 17.9. The summed E-state index contributed by atoms with van der Waals surface area (Å²) in [5, 5.41) is 3.41. The first-order chi connectivity index (χ1) is 12.7. The van der Waals surface area contributed by atoms with Gasteiger partial charge < -0.3 is 19.9 Å². The third-order valence-corrected chi connectivity index (χ3v) is 5.51. The molecule has 1 saturated heterocycles. The van der Waals surface area contributed by atoms with E-state index in [1.807, 2.05) is 23.1 Å². The molecule has 2 aliphatic carbocycles. The highest BCUT2D eigenvalue weighted by Crippen LogP contribution is 2.29. The summed E-state index contributed by atoms with van der Waals surface area (Å²) in [4.78, 5) is 20.8. The lowest BCUT2D eigenvalue weighted by Gasteiger charge is -2.36. The minimum atomic E-state index is 0.218. The first kappa shape index (κ1) is 17.2. The van der Waals surface area contributed by atoms with E-state index >= 15 is 0 Å². The van der Waals surface area contributed by atoms with Crippen LogP contribution >= 0.6 is 0 Å². The van der Waals surface area contributed by atoms with Crippen LogP contribution < -0.4 is 10.1 Å². The first-order valence-electron chi connectivity index (χ1n) is 9.74. The summed E-state index contributed by atoms with van der Waals surface area (Å²) < 4.78 is 6.10. The largest absolute Gasteiger partial charge is 0.490 e. The predicted molar refractivity (Wildman–Crippen MR) is 101 cm³/mol. The molecule has 0 radical (unpaired) electrons. The Balaban J connectivity index is 1.35. The second-order valence-corrected chi connectivity index (χ2v) is 7.42. The normalized spacial score (nSPS) is 21.6. The molecule has 140 valence electrons. The highest BCUT2D eigenvalue weighted by molar-refractivity contribution is 5.88. The van der Waals surface area contributed by atoms with Gasteiger partial charge in [-0.1, -0.05) is 18.2 Å². The maximum Gasteiger partial charge on any atom is 0.242 e. The number of aliphatic imine (C=N–C) groups is 1. The number of amides is 1. The fourth-order valence-electron chi connectivity index (χ4n) is 3.58. The van der Waals surface area contributed by atoms with E-state index in [-0.39, 0.29) is 5.91 Å². The van der Waals surface area contributed by atoms with E-state index in [1.165, 1.54) is 6.42 Å². The van der Waals surface area contributed by atoms with Gasteiger partial charge in [0, 0.05) is 38.3 Å². The Morgan fingerprint density at radius 2 is 2.04 bits per heavy atom. The van der Waals surface area contributed by atoms with Crippen molar-refractivity contribution in [2.75, 3.05) is 26.7 Å². The number of carbonyl (C=O) groups excluding carboxylic acids is 1. The van der Waals surface area contributed by atoms with Crippen LogP contribution in [0.15, 0.2) is 29.3 Å². The van der Waals surface area contributed by atoms with Crippen molar-refractivity contribution in [1.82, 2.24) is 15.1 Å². The smallest absolute Gasteiger partial charge is 0.242 e. The van der Waals surface area contributed by atoms with Crippen molar-refractivity contribution in [3.05, 3.63) is 29.8 Å². The fourth-order valence-corrected chi connectivity index (χ4v) is 3.58. The molecule has 0 aromatic heterocycles. The zero-order valence-electron chi connectivity index (χ0n) is 15.5. The molecule has 0 atom stereocenters. The fraction of sp³-hybridized carbons (Fsp3) is 0.600. The van der Waals surface area contributed by atoms with Crippen molar-refractivity contribution in [1.29, 1.82) is 0 Å². The molecule has 26 heavy (non-hydrogen) atoms. The summed E-state index contributed by atoms with van der Waals surface area (Å²) in [5.74, 6) is 1.96. The summed E-state index contributed by atoms with van der Waals surface area (Å²) in [5.41, 5.74) is 1.13. The summed E-state index contributed by atoms with van der Waals surface area (Å²) in [6.45, 7) is 2.69. The molecule has 1 N–H and O–H groups in total. The van der Waals surface area contributed by atoms with Gasteiger partial charge in [0.1, 0.15) is 5.75 Å². The van der Waals surface area contributed by atoms with Gasteiger partial charge in [0.05, 0.1) is 12.6 Å². The summed E-state index contributed by atoms with van der Waals surface area (Å²) >= 11 is 0. The summed E-state index contributed by atoms with van der Waals surface area (Å²) in [6, 6.07) is 8.67. The SMILES string of the molecule is CN=C(NCc1ccccc1OC1CCC1)N1CCN(C2CC2)C(=O)C1. The molecule has 6 nitrogen and oxygen atoms in total. The second-order valence-electron chi connectivity index (χ2n) is 7.42. The summed E-state index contributed by atoms with van der Waals surface area (Å²) in [7, 11) is 1.77. The number of nitrogens with one attached hydrogen (secondary N) is 1. The van der Waals surface area contributed by atoms with E-state index in [0.717, 1.165) is 56.0 Å². The third-order valence-electron chi connectivity index (χ3n) is 5.51.